The number of nitrogens with one attached hydrogen (secondary N) is 2. The van der Waals surface area contributed by atoms with Gasteiger partial charge in [0.2, 0.25) is 0 Å². The average Bonchev–Trinajstić information content (AvgIpc) is 3.21. The summed E-state index contributed by atoms with van der Waals surface area (Å²) < 4.78 is 14.7. The quantitative estimate of drug-likeness (QED) is 0.770. The molecule has 0 radical (unpaired) electrons. The molecule has 2 N–H and O–H groups in total. The summed E-state index contributed by atoms with van der Waals surface area (Å²) in [6, 6.07) is 5.95. The first-order valence-electron chi connectivity index (χ1n) is 7.64. The number of imidazole rings is 1. The molecule has 6 nitrogen and oxygen atoms in total. The number of alkyl halides is 1. The fraction of sp³-hybridized carbons (Fsp3) is 0.312. The molecule has 7 heteroatoms. The number of halogens is 1. The molecule has 0 saturated carbocycles. The number of rotatable bonds is 4. The molecule has 0 spiro atoms. The number of hydrogen-bond donors (Lipinski definition) is 2. The number of anilines is 1. The minimum absolute atomic E-state index is 0.0672. The van der Waals surface area contributed by atoms with E-state index in [-0.39, 0.29) is 18.8 Å². The van der Waals surface area contributed by atoms with Crippen molar-refractivity contribution in [3.05, 3.63) is 43.0 Å². The molecule has 0 unspecified atom stereocenters. The van der Waals surface area contributed by atoms with Crippen molar-refractivity contribution in [3.8, 4) is 11.4 Å². The highest BCUT2D eigenvalue weighted by Crippen LogP contribution is 2.20. The number of fused-ring (bicyclic) bond motifs is 1. The van der Waals surface area contributed by atoms with Crippen LogP contribution < -0.4 is 10.6 Å². The third kappa shape index (κ3) is 2.75. The summed E-state index contributed by atoms with van der Waals surface area (Å²) in [5.74, 6) is 0.694. The summed E-state index contributed by atoms with van der Waals surface area (Å²) in [7, 11) is 0. The van der Waals surface area contributed by atoms with Gasteiger partial charge in [0.15, 0.2) is 0 Å². The number of aromatic nitrogens is 4. The van der Waals surface area contributed by atoms with E-state index in [0.717, 1.165) is 30.0 Å². The van der Waals surface area contributed by atoms with Crippen molar-refractivity contribution in [1.82, 2.24) is 24.7 Å². The Morgan fingerprint density at radius 3 is 3.13 bits per heavy atom. The summed E-state index contributed by atoms with van der Waals surface area (Å²) in [6.07, 6.45) is 7.90. The summed E-state index contributed by atoms with van der Waals surface area (Å²) in [4.78, 5) is 13.3. The fourth-order valence-electron chi connectivity index (χ4n) is 2.94. The van der Waals surface area contributed by atoms with Crippen molar-refractivity contribution in [2.24, 2.45) is 0 Å². The number of pyridine rings is 1. The molecule has 1 aliphatic heterocycles. The maximum absolute atomic E-state index is 12.7. The first-order valence-corrected chi connectivity index (χ1v) is 7.64. The Balaban J connectivity index is 1.59. The standard InChI is InChI=1S/C16H17FN6/c17-6-11-5-12(7-19-11)21-15-10-18-8-13(22-15)14-9-20-16-3-1-2-4-23(14)16/h1-4,8-12,19H,5-7H2,(H,21,22)/t11-,12+/m0/s1. The van der Waals surface area contributed by atoms with Gasteiger partial charge in [0.1, 0.15) is 23.8 Å². The lowest BCUT2D eigenvalue weighted by atomic mass is 10.2. The maximum Gasteiger partial charge on any atom is 0.145 e. The van der Waals surface area contributed by atoms with Gasteiger partial charge >= 0.3 is 0 Å². The molecule has 1 fully saturated rings. The summed E-state index contributed by atoms with van der Waals surface area (Å²) in [5.41, 5.74) is 2.51. The van der Waals surface area contributed by atoms with Crippen LogP contribution in [0.25, 0.3) is 17.0 Å². The maximum atomic E-state index is 12.7. The van der Waals surface area contributed by atoms with Crippen molar-refractivity contribution in [2.75, 3.05) is 18.5 Å². The van der Waals surface area contributed by atoms with Gasteiger partial charge in [0, 0.05) is 24.8 Å². The zero-order valence-electron chi connectivity index (χ0n) is 12.5. The highest BCUT2D eigenvalue weighted by Gasteiger charge is 2.24. The largest absolute Gasteiger partial charge is 0.365 e. The molecular weight excluding hydrogens is 295 g/mol. The topological polar surface area (TPSA) is 67.1 Å². The van der Waals surface area contributed by atoms with Gasteiger partial charge in [-0.15, -0.1) is 0 Å². The third-order valence-electron chi connectivity index (χ3n) is 4.07. The predicted molar refractivity (Wildman–Crippen MR) is 86.0 cm³/mol. The predicted octanol–water partition coefficient (Wildman–Crippen LogP) is 1.90. The summed E-state index contributed by atoms with van der Waals surface area (Å²) in [6.45, 7) is 0.391. The molecule has 0 aliphatic carbocycles. The van der Waals surface area contributed by atoms with Crippen LogP contribution in [-0.4, -0.2) is 44.7 Å². The van der Waals surface area contributed by atoms with Gasteiger partial charge in [0.05, 0.1) is 24.3 Å². The molecule has 1 saturated heterocycles. The molecule has 3 aromatic heterocycles. The average molecular weight is 312 g/mol. The normalized spacial score (nSPS) is 20.9. The first kappa shape index (κ1) is 14.1. The molecule has 0 bridgehead atoms. The second-order valence-corrected chi connectivity index (χ2v) is 5.70. The highest BCUT2D eigenvalue weighted by atomic mass is 19.1. The Hall–Kier alpha value is -2.54. The van der Waals surface area contributed by atoms with Crippen LogP contribution in [0.5, 0.6) is 0 Å². The molecule has 118 valence electrons. The van der Waals surface area contributed by atoms with Crippen LogP contribution >= 0.6 is 0 Å². The second kappa shape index (κ2) is 5.92. The van der Waals surface area contributed by atoms with E-state index in [9.17, 15) is 4.39 Å². The molecule has 4 heterocycles. The molecule has 4 rings (SSSR count). The Labute approximate surface area is 132 Å². The number of hydrogen-bond acceptors (Lipinski definition) is 5. The van der Waals surface area contributed by atoms with E-state index in [1.54, 1.807) is 18.6 Å². The first-order chi connectivity index (χ1) is 11.3. The van der Waals surface area contributed by atoms with Gasteiger partial charge in [0.25, 0.3) is 0 Å². The van der Waals surface area contributed by atoms with Gasteiger partial charge < -0.3 is 10.6 Å². The second-order valence-electron chi connectivity index (χ2n) is 5.70. The summed E-state index contributed by atoms with van der Waals surface area (Å²) >= 11 is 0. The van der Waals surface area contributed by atoms with E-state index in [2.05, 4.69) is 25.6 Å². The molecule has 3 aromatic rings. The van der Waals surface area contributed by atoms with Crippen LogP contribution in [0.3, 0.4) is 0 Å². The Morgan fingerprint density at radius 2 is 2.26 bits per heavy atom. The van der Waals surface area contributed by atoms with Crippen molar-refractivity contribution in [1.29, 1.82) is 0 Å². The van der Waals surface area contributed by atoms with E-state index in [1.807, 2.05) is 28.8 Å². The van der Waals surface area contributed by atoms with E-state index in [4.69, 9.17) is 0 Å². The Bertz CT molecular complexity index is 817. The molecule has 2 atom stereocenters. The highest BCUT2D eigenvalue weighted by molar-refractivity contribution is 5.60. The van der Waals surface area contributed by atoms with Crippen LogP contribution in [0, 0.1) is 0 Å². The van der Waals surface area contributed by atoms with E-state index < -0.39 is 0 Å². The van der Waals surface area contributed by atoms with E-state index in [1.165, 1.54) is 0 Å². The smallest absolute Gasteiger partial charge is 0.145 e. The molecule has 0 aromatic carbocycles. The molecule has 23 heavy (non-hydrogen) atoms. The Kier molecular flexibility index (Phi) is 3.63. The lowest BCUT2D eigenvalue weighted by Gasteiger charge is -2.12. The van der Waals surface area contributed by atoms with Gasteiger partial charge in [-0.2, -0.15) is 0 Å². The van der Waals surface area contributed by atoms with Gasteiger partial charge in [-0.05, 0) is 18.6 Å². The minimum Gasteiger partial charge on any atom is -0.365 e. The van der Waals surface area contributed by atoms with Crippen molar-refractivity contribution in [3.63, 3.8) is 0 Å². The summed E-state index contributed by atoms with van der Waals surface area (Å²) in [5, 5.41) is 6.47. The van der Waals surface area contributed by atoms with Crippen LogP contribution in [0.4, 0.5) is 10.2 Å². The van der Waals surface area contributed by atoms with Crippen molar-refractivity contribution >= 4 is 11.5 Å². The van der Waals surface area contributed by atoms with Crippen LogP contribution in [0.1, 0.15) is 6.42 Å². The van der Waals surface area contributed by atoms with Gasteiger partial charge in [-0.25, -0.2) is 14.4 Å². The fourth-order valence-corrected chi connectivity index (χ4v) is 2.94. The minimum atomic E-state index is -0.342. The SMILES string of the molecule is FC[C@@H]1C[C@@H](Nc2cncc(-c3cnc4ccccn34)n2)CN1. The van der Waals surface area contributed by atoms with Crippen LogP contribution in [0.15, 0.2) is 43.0 Å². The zero-order valence-corrected chi connectivity index (χ0v) is 12.5. The lowest BCUT2D eigenvalue weighted by molar-refractivity contribution is 0.404. The monoisotopic (exact) mass is 312 g/mol. The molecule has 1 aliphatic rings. The van der Waals surface area contributed by atoms with Gasteiger partial charge in [-0.3, -0.25) is 9.38 Å². The molecule has 0 amide bonds. The van der Waals surface area contributed by atoms with Gasteiger partial charge in [-0.1, -0.05) is 6.07 Å². The van der Waals surface area contributed by atoms with Crippen molar-refractivity contribution in [2.45, 2.75) is 18.5 Å². The van der Waals surface area contributed by atoms with E-state index >= 15 is 0 Å². The van der Waals surface area contributed by atoms with Crippen LogP contribution in [0.2, 0.25) is 0 Å². The van der Waals surface area contributed by atoms with Crippen molar-refractivity contribution < 1.29 is 4.39 Å². The van der Waals surface area contributed by atoms with Crippen LogP contribution in [-0.2, 0) is 0 Å². The lowest BCUT2D eigenvalue weighted by Crippen LogP contribution is -2.24. The zero-order chi connectivity index (χ0) is 15.6. The van der Waals surface area contributed by atoms with E-state index in [0.29, 0.717) is 5.82 Å². The molecular formula is C16H17FN6. The Morgan fingerprint density at radius 1 is 1.30 bits per heavy atom. The third-order valence-corrected chi connectivity index (χ3v) is 4.07. The number of nitrogens with zero attached hydrogens (tertiary/aromatic N) is 4.